The summed E-state index contributed by atoms with van der Waals surface area (Å²) in [4.78, 5) is 34.9. The number of thioether (sulfide) groups is 1. The molecule has 7 nitrogen and oxygen atoms in total. The monoisotopic (exact) mass is 384 g/mol. The fourth-order valence-electron chi connectivity index (χ4n) is 2.55. The van der Waals surface area contributed by atoms with E-state index in [0.29, 0.717) is 11.3 Å². The summed E-state index contributed by atoms with van der Waals surface area (Å²) < 4.78 is 5.18. The van der Waals surface area contributed by atoms with Crippen molar-refractivity contribution in [2.75, 3.05) is 5.32 Å². The SMILES string of the molecule is Cc1cc(=O)oc2cc(NC(=O)C(C)Sc3ccc([N+](=O)[O-])cc3)ccc12. The van der Waals surface area contributed by atoms with Gasteiger partial charge < -0.3 is 9.73 Å². The molecule has 0 aliphatic heterocycles. The molecule has 1 unspecified atom stereocenters. The van der Waals surface area contributed by atoms with Gasteiger partial charge in [0.25, 0.3) is 5.69 Å². The summed E-state index contributed by atoms with van der Waals surface area (Å²) in [5, 5.41) is 13.9. The van der Waals surface area contributed by atoms with E-state index in [1.165, 1.54) is 30.0 Å². The van der Waals surface area contributed by atoms with Crippen LogP contribution in [0.3, 0.4) is 0 Å². The molecule has 0 aliphatic carbocycles. The van der Waals surface area contributed by atoms with Crippen molar-refractivity contribution in [3.05, 3.63) is 74.6 Å². The number of benzene rings is 2. The van der Waals surface area contributed by atoms with Crippen LogP contribution in [0.4, 0.5) is 11.4 Å². The van der Waals surface area contributed by atoms with Gasteiger partial charge in [0, 0.05) is 40.2 Å². The molecule has 0 aliphatic rings. The minimum absolute atomic E-state index is 0.00408. The predicted molar refractivity (Wildman–Crippen MR) is 104 cm³/mol. The molecule has 1 heterocycles. The zero-order valence-corrected chi connectivity index (χ0v) is 15.4. The summed E-state index contributed by atoms with van der Waals surface area (Å²) in [6.45, 7) is 3.56. The van der Waals surface area contributed by atoms with Gasteiger partial charge in [-0.1, -0.05) is 0 Å². The smallest absolute Gasteiger partial charge is 0.336 e. The van der Waals surface area contributed by atoms with Crippen molar-refractivity contribution in [3.8, 4) is 0 Å². The lowest BCUT2D eigenvalue weighted by Crippen LogP contribution is -2.22. The molecule has 27 heavy (non-hydrogen) atoms. The van der Waals surface area contributed by atoms with Gasteiger partial charge in [-0.2, -0.15) is 0 Å². The first kappa shape index (κ1) is 18.7. The predicted octanol–water partition coefficient (Wildman–Crippen LogP) is 4.13. The zero-order chi connectivity index (χ0) is 19.6. The summed E-state index contributed by atoms with van der Waals surface area (Å²) in [6, 6.07) is 12.6. The molecule has 3 rings (SSSR count). The van der Waals surface area contributed by atoms with Crippen molar-refractivity contribution >= 4 is 40.0 Å². The maximum absolute atomic E-state index is 12.4. The Balaban J connectivity index is 1.71. The van der Waals surface area contributed by atoms with E-state index in [-0.39, 0.29) is 11.6 Å². The van der Waals surface area contributed by atoms with Crippen molar-refractivity contribution in [2.24, 2.45) is 0 Å². The zero-order valence-electron chi connectivity index (χ0n) is 14.6. The summed E-state index contributed by atoms with van der Waals surface area (Å²) in [5.74, 6) is -0.229. The number of nitro benzene ring substituents is 1. The Hall–Kier alpha value is -3.13. The molecular weight excluding hydrogens is 368 g/mol. The molecule has 1 atom stereocenters. The number of nitrogens with zero attached hydrogens (tertiary/aromatic N) is 1. The maximum Gasteiger partial charge on any atom is 0.336 e. The molecule has 2 aromatic carbocycles. The standard InChI is InChI=1S/C19H16N2O5S/c1-11-9-18(22)26-17-10-13(3-8-16(11)17)20-19(23)12(2)27-15-6-4-14(5-7-15)21(24)25/h3-10,12H,1-2H3,(H,20,23). The number of fused-ring (bicyclic) bond motifs is 1. The molecule has 1 N–H and O–H groups in total. The fraction of sp³-hybridized carbons (Fsp3) is 0.158. The first-order valence-corrected chi connectivity index (χ1v) is 8.98. The molecule has 1 amide bonds. The van der Waals surface area contributed by atoms with Gasteiger partial charge in [-0.15, -0.1) is 11.8 Å². The number of aryl methyl sites for hydroxylation is 1. The van der Waals surface area contributed by atoms with E-state index in [2.05, 4.69) is 5.32 Å². The van der Waals surface area contributed by atoms with Crippen molar-refractivity contribution < 1.29 is 14.1 Å². The minimum atomic E-state index is -0.468. The van der Waals surface area contributed by atoms with Gasteiger partial charge in [0.1, 0.15) is 5.58 Å². The molecule has 0 bridgehead atoms. The Morgan fingerprint density at radius 3 is 2.56 bits per heavy atom. The number of nitro groups is 1. The highest BCUT2D eigenvalue weighted by atomic mass is 32.2. The molecule has 8 heteroatoms. The van der Waals surface area contributed by atoms with Crippen LogP contribution in [0.15, 0.2) is 62.6 Å². The Kier molecular flexibility index (Phi) is 5.27. The molecule has 0 fully saturated rings. The Morgan fingerprint density at radius 1 is 1.19 bits per heavy atom. The van der Waals surface area contributed by atoms with Crippen molar-refractivity contribution in [2.45, 2.75) is 24.0 Å². The second kappa shape index (κ2) is 7.63. The van der Waals surface area contributed by atoms with Crippen LogP contribution < -0.4 is 10.9 Å². The summed E-state index contributed by atoms with van der Waals surface area (Å²) >= 11 is 1.29. The topological polar surface area (TPSA) is 102 Å². The van der Waals surface area contributed by atoms with Crippen LogP contribution in [0, 0.1) is 17.0 Å². The highest BCUT2D eigenvalue weighted by Gasteiger charge is 2.16. The lowest BCUT2D eigenvalue weighted by molar-refractivity contribution is -0.384. The quantitative estimate of drug-likeness (QED) is 0.307. The summed E-state index contributed by atoms with van der Waals surface area (Å²) in [6.07, 6.45) is 0. The Morgan fingerprint density at radius 2 is 1.89 bits per heavy atom. The number of amides is 1. The molecular formula is C19H16N2O5S. The highest BCUT2D eigenvalue weighted by Crippen LogP contribution is 2.27. The molecule has 0 saturated carbocycles. The van der Waals surface area contributed by atoms with Crippen LogP contribution >= 0.6 is 11.8 Å². The van der Waals surface area contributed by atoms with E-state index in [9.17, 15) is 19.7 Å². The number of carbonyl (C=O) groups excluding carboxylic acids is 1. The van der Waals surface area contributed by atoms with Crippen molar-refractivity contribution in [1.29, 1.82) is 0 Å². The Bertz CT molecular complexity index is 1080. The first-order chi connectivity index (χ1) is 12.8. The lowest BCUT2D eigenvalue weighted by Gasteiger charge is -2.12. The van der Waals surface area contributed by atoms with Crippen LogP contribution in [-0.2, 0) is 4.79 Å². The van der Waals surface area contributed by atoms with E-state index in [1.807, 2.05) is 6.92 Å². The van der Waals surface area contributed by atoms with Crippen molar-refractivity contribution in [3.63, 3.8) is 0 Å². The van der Waals surface area contributed by atoms with Crippen LogP contribution in [-0.4, -0.2) is 16.1 Å². The molecule has 1 aromatic heterocycles. The van der Waals surface area contributed by atoms with Gasteiger partial charge >= 0.3 is 5.63 Å². The van der Waals surface area contributed by atoms with Gasteiger partial charge in [-0.3, -0.25) is 14.9 Å². The van der Waals surface area contributed by atoms with E-state index in [1.54, 1.807) is 37.3 Å². The van der Waals surface area contributed by atoms with Crippen LogP contribution in [0.1, 0.15) is 12.5 Å². The number of rotatable bonds is 5. The molecule has 138 valence electrons. The number of carbonyl (C=O) groups is 1. The van der Waals surface area contributed by atoms with Gasteiger partial charge in [0.05, 0.1) is 10.2 Å². The first-order valence-electron chi connectivity index (χ1n) is 8.10. The minimum Gasteiger partial charge on any atom is -0.423 e. The van der Waals surface area contributed by atoms with E-state index in [4.69, 9.17) is 4.42 Å². The fourth-order valence-corrected chi connectivity index (χ4v) is 3.42. The molecule has 0 radical (unpaired) electrons. The molecule has 0 saturated heterocycles. The van der Waals surface area contributed by atoms with E-state index < -0.39 is 15.8 Å². The van der Waals surface area contributed by atoms with Crippen LogP contribution in [0.5, 0.6) is 0 Å². The summed E-state index contributed by atoms with van der Waals surface area (Å²) in [5.41, 5.74) is 1.31. The highest BCUT2D eigenvalue weighted by molar-refractivity contribution is 8.00. The van der Waals surface area contributed by atoms with Crippen LogP contribution in [0.2, 0.25) is 0 Å². The average molecular weight is 384 g/mol. The van der Waals surface area contributed by atoms with Gasteiger partial charge in [-0.25, -0.2) is 4.79 Å². The molecule has 3 aromatic rings. The third kappa shape index (κ3) is 4.35. The number of hydrogen-bond acceptors (Lipinski definition) is 6. The van der Waals surface area contributed by atoms with Gasteiger partial charge in [0.15, 0.2) is 0 Å². The van der Waals surface area contributed by atoms with Crippen LogP contribution in [0.25, 0.3) is 11.0 Å². The third-order valence-electron chi connectivity index (χ3n) is 3.95. The normalized spacial score (nSPS) is 11.9. The van der Waals surface area contributed by atoms with E-state index in [0.717, 1.165) is 15.8 Å². The van der Waals surface area contributed by atoms with Gasteiger partial charge in [0.2, 0.25) is 5.91 Å². The number of non-ortho nitro benzene ring substituents is 1. The lowest BCUT2D eigenvalue weighted by atomic mass is 10.1. The number of anilines is 1. The third-order valence-corrected chi connectivity index (χ3v) is 5.06. The van der Waals surface area contributed by atoms with E-state index >= 15 is 0 Å². The Labute approximate surface area is 158 Å². The second-order valence-electron chi connectivity index (χ2n) is 5.96. The molecule has 0 spiro atoms. The average Bonchev–Trinajstić information content (AvgIpc) is 2.61. The largest absolute Gasteiger partial charge is 0.423 e. The maximum atomic E-state index is 12.4. The van der Waals surface area contributed by atoms with Crippen molar-refractivity contribution in [1.82, 2.24) is 0 Å². The number of hydrogen-bond donors (Lipinski definition) is 1. The second-order valence-corrected chi connectivity index (χ2v) is 7.37. The number of nitrogens with one attached hydrogen (secondary N) is 1. The summed E-state index contributed by atoms with van der Waals surface area (Å²) in [7, 11) is 0. The van der Waals surface area contributed by atoms with Gasteiger partial charge in [-0.05, 0) is 43.7 Å².